The van der Waals surface area contributed by atoms with Crippen LogP contribution in [-0.4, -0.2) is 36.4 Å². The van der Waals surface area contributed by atoms with Crippen LogP contribution in [0.2, 0.25) is 0 Å². The molecule has 1 amide bonds. The fourth-order valence-corrected chi connectivity index (χ4v) is 2.38. The zero-order valence-corrected chi connectivity index (χ0v) is 12.4. The smallest absolute Gasteiger partial charge is 0.408 e. The Morgan fingerprint density at radius 3 is 2.77 bits per heavy atom. The van der Waals surface area contributed by atoms with Crippen LogP contribution in [0.15, 0.2) is 30.3 Å². The third-order valence-electron chi connectivity index (χ3n) is 3.69. The number of amides is 1. The molecule has 0 spiro atoms. The number of aliphatic carboxylic acids is 1. The summed E-state index contributed by atoms with van der Waals surface area (Å²) in [6.45, 7) is 1.52. The van der Waals surface area contributed by atoms with Gasteiger partial charge >= 0.3 is 12.1 Å². The monoisotopic (exact) mass is 307 g/mol. The molecular weight excluding hydrogens is 286 g/mol. The first-order valence-electron chi connectivity index (χ1n) is 7.43. The highest BCUT2D eigenvalue weighted by molar-refractivity contribution is 5.79. The number of carbonyl (C=O) groups is 2. The van der Waals surface area contributed by atoms with Crippen LogP contribution >= 0.6 is 0 Å². The molecule has 0 aromatic heterocycles. The minimum atomic E-state index is -1.05. The second-order valence-corrected chi connectivity index (χ2v) is 5.40. The lowest BCUT2D eigenvalue weighted by Gasteiger charge is -2.16. The zero-order valence-electron chi connectivity index (χ0n) is 12.4. The lowest BCUT2D eigenvalue weighted by molar-refractivity contribution is -0.139. The number of rotatable bonds is 7. The summed E-state index contributed by atoms with van der Waals surface area (Å²) in [4.78, 5) is 22.9. The Morgan fingerprint density at radius 2 is 2.14 bits per heavy atom. The van der Waals surface area contributed by atoms with Crippen molar-refractivity contribution in [1.82, 2.24) is 5.32 Å². The summed E-state index contributed by atoms with van der Waals surface area (Å²) < 4.78 is 10.3. The quantitative estimate of drug-likeness (QED) is 0.806. The average molecular weight is 307 g/mol. The van der Waals surface area contributed by atoms with E-state index in [4.69, 9.17) is 9.47 Å². The third-order valence-corrected chi connectivity index (χ3v) is 3.69. The first kappa shape index (κ1) is 16.3. The fourth-order valence-electron chi connectivity index (χ4n) is 2.38. The summed E-state index contributed by atoms with van der Waals surface area (Å²) in [6, 6.07) is 8.31. The van der Waals surface area contributed by atoms with Crippen LogP contribution in [0.4, 0.5) is 4.79 Å². The molecule has 6 heteroatoms. The molecule has 1 aliphatic heterocycles. The van der Waals surface area contributed by atoms with E-state index in [-0.39, 0.29) is 6.61 Å². The minimum absolute atomic E-state index is 0.121. The van der Waals surface area contributed by atoms with E-state index in [1.54, 1.807) is 0 Å². The maximum absolute atomic E-state index is 11.7. The molecule has 1 heterocycles. The summed E-state index contributed by atoms with van der Waals surface area (Å²) in [7, 11) is 0. The molecule has 0 radical (unpaired) electrons. The second kappa shape index (κ2) is 8.38. The Bertz CT molecular complexity index is 485. The lowest BCUT2D eigenvalue weighted by Crippen LogP contribution is -2.41. The van der Waals surface area contributed by atoms with E-state index in [9.17, 15) is 14.7 Å². The standard InChI is InChI=1S/C16H21NO5/c18-15(19)14(7-6-13-8-9-21-10-13)17-16(20)22-11-12-4-2-1-3-5-12/h1-5,13-14H,6-11H2,(H,17,20)(H,18,19). The van der Waals surface area contributed by atoms with Gasteiger partial charge in [-0.15, -0.1) is 0 Å². The summed E-state index contributed by atoms with van der Waals surface area (Å²) in [5.74, 6) is -0.667. The van der Waals surface area contributed by atoms with Crippen molar-refractivity contribution >= 4 is 12.1 Å². The van der Waals surface area contributed by atoms with Gasteiger partial charge in [-0.3, -0.25) is 0 Å². The molecule has 1 saturated heterocycles. The van der Waals surface area contributed by atoms with Gasteiger partial charge in [0, 0.05) is 13.2 Å². The number of ether oxygens (including phenoxy) is 2. The largest absolute Gasteiger partial charge is 0.480 e. The number of carboxylic acid groups (broad SMARTS) is 1. The van der Waals surface area contributed by atoms with E-state index < -0.39 is 18.1 Å². The van der Waals surface area contributed by atoms with Gasteiger partial charge in [-0.1, -0.05) is 30.3 Å². The first-order chi connectivity index (χ1) is 10.6. The molecule has 22 heavy (non-hydrogen) atoms. The summed E-state index contributed by atoms with van der Waals surface area (Å²) in [5, 5.41) is 11.6. The lowest BCUT2D eigenvalue weighted by atomic mass is 9.99. The van der Waals surface area contributed by atoms with Crippen LogP contribution in [-0.2, 0) is 20.9 Å². The maximum atomic E-state index is 11.7. The summed E-state index contributed by atoms with van der Waals surface area (Å²) in [5.41, 5.74) is 0.854. The number of benzene rings is 1. The molecule has 1 aromatic rings. The molecule has 1 aromatic carbocycles. The van der Waals surface area contributed by atoms with Gasteiger partial charge in [-0.05, 0) is 30.7 Å². The molecule has 1 fully saturated rings. The van der Waals surface area contributed by atoms with Crippen LogP contribution in [0.1, 0.15) is 24.8 Å². The zero-order chi connectivity index (χ0) is 15.8. The highest BCUT2D eigenvalue weighted by Crippen LogP contribution is 2.19. The average Bonchev–Trinajstić information content (AvgIpc) is 3.03. The molecule has 2 rings (SSSR count). The van der Waals surface area contributed by atoms with Crippen molar-refractivity contribution in [2.24, 2.45) is 5.92 Å². The molecule has 6 nitrogen and oxygen atoms in total. The van der Waals surface area contributed by atoms with E-state index in [1.807, 2.05) is 30.3 Å². The Balaban J connectivity index is 1.74. The van der Waals surface area contributed by atoms with E-state index in [0.717, 1.165) is 25.0 Å². The SMILES string of the molecule is O=C(NC(CCC1CCOC1)C(=O)O)OCc1ccccc1. The molecule has 120 valence electrons. The van der Waals surface area contributed by atoms with E-state index in [1.165, 1.54) is 0 Å². The maximum Gasteiger partial charge on any atom is 0.408 e. The molecule has 2 unspecified atom stereocenters. The van der Waals surface area contributed by atoms with Gasteiger partial charge in [-0.2, -0.15) is 0 Å². The Morgan fingerprint density at radius 1 is 1.36 bits per heavy atom. The number of nitrogens with one attached hydrogen (secondary N) is 1. The first-order valence-corrected chi connectivity index (χ1v) is 7.43. The normalized spacial score (nSPS) is 18.6. The highest BCUT2D eigenvalue weighted by Gasteiger charge is 2.24. The molecule has 2 N–H and O–H groups in total. The molecular formula is C16H21NO5. The van der Waals surface area contributed by atoms with Crippen molar-refractivity contribution in [2.45, 2.75) is 31.9 Å². The number of carbonyl (C=O) groups excluding carboxylic acids is 1. The molecule has 0 aliphatic carbocycles. The second-order valence-electron chi connectivity index (χ2n) is 5.40. The van der Waals surface area contributed by atoms with Crippen LogP contribution in [0, 0.1) is 5.92 Å². The topological polar surface area (TPSA) is 84.9 Å². The van der Waals surface area contributed by atoms with Crippen molar-refractivity contribution in [3.05, 3.63) is 35.9 Å². The van der Waals surface area contributed by atoms with Crippen LogP contribution < -0.4 is 5.32 Å². The van der Waals surface area contributed by atoms with Gasteiger partial charge in [0.1, 0.15) is 12.6 Å². The van der Waals surface area contributed by atoms with Gasteiger partial charge in [0.2, 0.25) is 0 Å². The molecule has 0 saturated carbocycles. The van der Waals surface area contributed by atoms with Crippen molar-refractivity contribution in [2.75, 3.05) is 13.2 Å². The van der Waals surface area contributed by atoms with Gasteiger partial charge in [0.15, 0.2) is 0 Å². The fraction of sp³-hybridized carbons (Fsp3) is 0.500. The number of hydrogen-bond donors (Lipinski definition) is 2. The molecule has 1 aliphatic rings. The van der Waals surface area contributed by atoms with Crippen molar-refractivity contribution in [3.8, 4) is 0 Å². The van der Waals surface area contributed by atoms with Crippen LogP contribution in [0.25, 0.3) is 0 Å². The molecule has 0 bridgehead atoms. The van der Waals surface area contributed by atoms with Crippen molar-refractivity contribution in [1.29, 1.82) is 0 Å². The predicted octanol–water partition coefficient (Wildman–Crippen LogP) is 2.18. The summed E-state index contributed by atoms with van der Waals surface area (Å²) in [6.07, 6.45) is 1.34. The Hall–Kier alpha value is -2.08. The van der Waals surface area contributed by atoms with Gasteiger partial charge in [0.05, 0.1) is 0 Å². The van der Waals surface area contributed by atoms with E-state index in [2.05, 4.69) is 5.32 Å². The van der Waals surface area contributed by atoms with Crippen molar-refractivity contribution in [3.63, 3.8) is 0 Å². The van der Waals surface area contributed by atoms with E-state index in [0.29, 0.717) is 18.9 Å². The predicted molar refractivity (Wildman–Crippen MR) is 79.3 cm³/mol. The van der Waals surface area contributed by atoms with Gasteiger partial charge in [-0.25, -0.2) is 9.59 Å². The third kappa shape index (κ3) is 5.37. The Kier molecular flexibility index (Phi) is 6.21. The van der Waals surface area contributed by atoms with Gasteiger partial charge in [0.25, 0.3) is 0 Å². The summed E-state index contributed by atoms with van der Waals surface area (Å²) >= 11 is 0. The highest BCUT2D eigenvalue weighted by atomic mass is 16.5. The van der Waals surface area contributed by atoms with Gasteiger partial charge < -0.3 is 19.9 Å². The minimum Gasteiger partial charge on any atom is -0.480 e. The molecule has 2 atom stereocenters. The van der Waals surface area contributed by atoms with Crippen molar-refractivity contribution < 1.29 is 24.2 Å². The number of carboxylic acids is 1. The van der Waals surface area contributed by atoms with E-state index >= 15 is 0 Å². The number of alkyl carbamates (subject to hydrolysis) is 1. The van der Waals surface area contributed by atoms with Crippen LogP contribution in [0.5, 0.6) is 0 Å². The number of hydrogen-bond acceptors (Lipinski definition) is 4. The van der Waals surface area contributed by atoms with Crippen LogP contribution in [0.3, 0.4) is 0 Å². The Labute approximate surface area is 129 Å².